The maximum absolute atomic E-state index is 14.1. The fraction of sp³-hybridized carbons (Fsp3) is 0.567. The average molecular weight is 463 g/mol. The zero-order valence-corrected chi connectivity index (χ0v) is 20.4. The molecule has 0 radical (unpaired) electrons. The second-order valence-electron chi connectivity index (χ2n) is 11.0. The van der Waals surface area contributed by atoms with Gasteiger partial charge >= 0.3 is 0 Å². The number of halogens is 1. The number of hydrogen-bond acceptors (Lipinski definition) is 2. The molecule has 0 spiro atoms. The van der Waals surface area contributed by atoms with Gasteiger partial charge in [-0.1, -0.05) is 55.3 Å². The number of carbonyl (C=O) groups is 1. The molecule has 0 N–H and O–H groups in total. The van der Waals surface area contributed by atoms with E-state index in [0.717, 1.165) is 44.2 Å². The van der Waals surface area contributed by atoms with Crippen molar-refractivity contribution in [2.24, 2.45) is 17.8 Å². The summed E-state index contributed by atoms with van der Waals surface area (Å²) in [5.41, 5.74) is 2.50. The third-order valence-electron chi connectivity index (χ3n) is 8.58. The third-order valence-corrected chi connectivity index (χ3v) is 8.58. The maximum atomic E-state index is 14.1. The molecule has 0 aromatic heterocycles. The van der Waals surface area contributed by atoms with E-state index in [2.05, 4.69) is 46.2 Å². The van der Waals surface area contributed by atoms with Gasteiger partial charge in [-0.2, -0.15) is 0 Å². The molecule has 182 valence electrons. The van der Waals surface area contributed by atoms with Gasteiger partial charge in [-0.3, -0.25) is 4.79 Å². The predicted octanol–water partition coefficient (Wildman–Crippen LogP) is 5.90. The second kappa shape index (κ2) is 11.0. The molecule has 0 bridgehead atoms. The van der Waals surface area contributed by atoms with Crippen LogP contribution >= 0.6 is 0 Å². The largest absolute Gasteiger partial charge is 0.342 e. The molecule has 34 heavy (non-hydrogen) atoms. The van der Waals surface area contributed by atoms with Crippen LogP contribution in [0.2, 0.25) is 0 Å². The van der Waals surface area contributed by atoms with E-state index >= 15 is 0 Å². The molecule has 2 aromatic carbocycles. The molecule has 2 aliphatic heterocycles. The van der Waals surface area contributed by atoms with Crippen LogP contribution in [0.25, 0.3) is 0 Å². The summed E-state index contributed by atoms with van der Waals surface area (Å²) in [5, 5.41) is 0. The van der Waals surface area contributed by atoms with Crippen molar-refractivity contribution in [2.75, 3.05) is 32.7 Å². The van der Waals surface area contributed by atoms with Crippen molar-refractivity contribution < 1.29 is 9.18 Å². The number of likely N-dealkylation sites (tertiary alicyclic amines) is 2. The number of benzene rings is 2. The Hall–Kier alpha value is -2.20. The number of hydrogen-bond donors (Lipinski definition) is 0. The van der Waals surface area contributed by atoms with Crippen LogP contribution in [0.5, 0.6) is 0 Å². The summed E-state index contributed by atoms with van der Waals surface area (Å²) in [6, 6.07) is 17.9. The van der Waals surface area contributed by atoms with Gasteiger partial charge < -0.3 is 9.80 Å². The summed E-state index contributed by atoms with van der Waals surface area (Å²) in [5.74, 6) is 2.07. The Morgan fingerprint density at radius 3 is 2.38 bits per heavy atom. The molecule has 1 aliphatic carbocycles. The summed E-state index contributed by atoms with van der Waals surface area (Å²) in [6.07, 6.45) is 9.29. The van der Waals surface area contributed by atoms with Crippen LogP contribution in [-0.4, -0.2) is 48.4 Å². The minimum absolute atomic E-state index is 0.172. The lowest BCUT2D eigenvalue weighted by molar-refractivity contribution is -0.131. The van der Waals surface area contributed by atoms with Crippen LogP contribution in [0.4, 0.5) is 4.39 Å². The maximum Gasteiger partial charge on any atom is 0.222 e. The molecule has 1 saturated carbocycles. The van der Waals surface area contributed by atoms with Crippen molar-refractivity contribution in [2.45, 2.75) is 57.3 Å². The van der Waals surface area contributed by atoms with E-state index in [1.165, 1.54) is 56.6 Å². The van der Waals surface area contributed by atoms with Crippen molar-refractivity contribution in [3.63, 3.8) is 0 Å². The summed E-state index contributed by atoms with van der Waals surface area (Å²) < 4.78 is 14.1. The zero-order valence-electron chi connectivity index (χ0n) is 20.4. The Labute approximate surface area is 204 Å². The molecule has 5 rings (SSSR count). The lowest BCUT2D eigenvalue weighted by atomic mass is 9.86. The monoisotopic (exact) mass is 462 g/mol. The van der Waals surface area contributed by atoms with Crippen molar-refractivity contribution in [1.82, 2.24) is 9.80 Å². The highest BCUT2D eigenvalue weighted by atomic mass is 19.1. The van der Waals surface area contributed by atoms with Crippen molar-refractivity contribution in [1.29, 1.82) is 0 Å². The smallest absolute Gasteiger partial charge is 0.222 e. The average Bonchev–Trinajstić information content (AvgIpc) is 3.51. The molecular weight excluding hydrogens is 423 g/mol. The first-order valence-electron chi connectivity index (χ1n) is 13.4. The normalized spacial score (nSPS) is 24.7. The van der Waals surface area contributed by atoms with E-state index in [4.69, 9.17) is 0 Å². The summed E-state index contributed by atoms with van der Waals surface area (Å²) >= 11 is 0. The Bertz CT molecular complexity index is 934. The minimum Gasteiger partial charge on any atom is -0.342 e. The van der Waals surface area contributed by atoms with Gasteiger partial charge in [0.2, 0.25) is 5.91 Å². The lowest BCUT2D eigenvalue weighted by Gasteiger charge is -2.34. The molecule has 2 aromatic rings. The van der Waals surface area contributed by atoms with Crippen LogP contribution in [0.15, 0.2) is 54.6 Å². The van der Waals surface area contributed by atoms with Crippen LogP contribution in [0.1, 0.15) is 62.0 Å². The Kier molecular flexibility index (Phi) is 7.63. The standard InChI is InChI=1S/C30H39FN2O/c31-28-12-6-11-26(19-28)29-22-33(30(34)18-24-9-4-5-10-24)21-27(29)20-32-15-13-25(14-16-32)17-23-7-2-1-3-8-23/h1-3,6-8,11-12,19,24-25,27,29H,4-5,9-10,13-18,20-22H2. The number of piperidine rings is 1. The number of carbonyl (C=O) groups excluding carboxylic acids is 1. The SMILES string of the molecule is O=C(CC1CCCC1)N1CC(CN2CCC(Cc3ccccc3)CC2)C(c2cccc(F)c2)C1. The number of nitrogens with zero attached hydrogens (tertiary/aromatic N) is 2. The van der Waals surface area contributed by atoms with E-state index in [-0.39, 0.29) is 11.7 Å². The lowest BCUT2D eigenvalue weighted by Crippen LogP contribution is -2.39. The van der Waals surface area contributed by atoms with Gasteiger partial charge in [0.15, 0.2) is 0 Å². The Balaban J connectivity index is 1.20. The second-order valence-corrected chi connectivity index (χ2v) is 11.0. The highest BCUT2D eigenvalue weighted by Gasteiger charge is 2.38. The minimum atomic E-state index is -0.172. The van der Waals surface area contributed by atoms with E-state index in [1.807, 2.05) is 6.07 Å². The van der Waals surface area contributed by atoms with Crippen LogP contribution in [0.3, 0.4) is 0 Å². The summed E-state index contributed by atoms with van der Waals surface area (Å²) in [6.45, 7) is 4.81. The first-order chi connectivity index (χ1) is 16.6. The summed E-state index contributed by atoms with van der Waals surface area (Å²) in [4.78, 5) is 17.8. The third kappa shape index (κ3) is 5.89. The predicted molar refractivity (Wildman–Crippen MR) is 135 cm³/mol. The first-order valence-corrected chi connectivity index (χ1v) is 13.4. The molecule has 3 aliphatic rings. The van der Waals surface area contributed by atoms with Gasteiger partial charge in [-0.25, -0.2) is 4.39 Å². The van der Waals surface area contributed by atoms with E-state index in [9.17, 15) is 9.18 Å². The zero-order chi connectivity index (χ0) is 23.3. The fourth-order valence-electron chi connectivity index (χ4n) is 6.62. The quantitative estimate of drug-likeness (QED) is 0.511. The molecule has 2 unspecified atom stereocenters. The van der Waals surface area contributed by atoms with Gasteiger partial charge in [-0.05, 0) is 86.2 Å². The number of amides is 1. The van der Waals surface area contributed by atoms with Gasteiger partial charge in [0.1, 0.15) is 5.82 Å². The van der Waals surface area contributed by atoms with Gasteiger partial charge in [-0.15, -0.1) is 0 Å². The number of rotatable bonds is 7. The molecule has 2 saturated heterocycles. The van der Waals surface area contributed by atoms with Crippen LogP contribution < -0.4 is 0 Å². The molecule has 2 atom stereocenters. The van der Waals surface area contributed by atoms with Crippen molar-refractivity contribution >= 4 is 5.91 Å². The fourth-order valence-corrected chi connectivity index (χ4v) is 6.62. The van der Waals surface area contributed by atoms with E-state index in [0.29, 0.717) is 24.2 Å². The molecule has 2 heterocycles. The van der Waals surface area contributed by atoms with Gasteiger partial charge in [0, 0.05) is 32.0 Å². The Morgan fingerprint density at radius 2 is 1.65 bits per heavy atom. The summed E-state index contributed by atoms with van der Waals surface area (Å²) in [7, 11) is 0. The topological polar surface area (TPSA) is 23.6 Å². The van der Waals surface area contributed by atoms with Crippen LogP contribution in [-0.2, 0) is 11.2 Å². The highest BCUT2D eigenvalue weighted by Crippen LogP contribution is 2.36. The molecule has 4 heteroatoms. The van der Waals surface area contributed by atoms with Crippen LogP contribution in [0, 0.1) is 23.6 Å². The molecule has 3 nitrogen and oxygen atoms in total. The van der Waals surface area contributed by atoms with Gasteiger partial charge in [0.25, 0.3) is 0 Å². The highest BCUT2D eigenvalue weighted by molar-refractivity contribution is 5.77. The Morgan fingerprint density at radius 1 is 0.882 bits per heavy atom. The van der Waals surface area contributed by atoms with E-state index < -0.39 is 0 Å². The van der Waals surface area contributed by atoms with Crippen molar-refractivity contribution in [3.8, 4) is 0 Å². The molecule has 3 fully saturated rings. The molecule has 1 amide bonds. The van der Waals surface area contributed by atoms with Crippen molar-refractivity contribution in [3.05, 3.63) is 71.5 Å². The van der Waals surface area contributed by atoms with E-state index in [1.54, 1.807) is 6.07 Å². The first kappa shape index (κ1) is 23.5. The van der Waals surface area contributed by atoms with Gasteiger partial charge in [0.05, 0.1) is 0 Å². The molecular formula is C30H39FN2O.